The van der Waals surface area contributed by atoms with Crippen LogP contribution < -0.4 is 0 Å². The van der Waals surface area contributed by atoms with Gasteiger partial charge in [0.2, 0.25) is 0 Å². The van der Waals surface area contributed by atoms with Gasteiger partial charge in [0.1, 0.15) is 0 Å². The molecule has 156 valence electrons. The maximum Gasteiger partial charge on any atom is 0.274 e. The molecule has 1 saturated carbocycles. The number of rotatable bonds is 2. The average Bonchev–Trinajstić information content (AvgIpc) is 3.41. The Kier molecular flexibility index (Phi) is 4.11. The van der Waals surface area contributed by atoms with E-state index in [4.69, 9.17) is 0 Å². The summed E-state index contributed by atoms with van der Waals surface area (Å²) in [6, 6.07) is 20.5. The maximum absolute atomic E-state index is 15.3. The van der Waals surface area contributed by atoms with Crippen molar-refractivity contribution >= 4 is 33.3 Å². The monoisotopic (exact) mass is 448 g/mol. The predicted octanol–water partition coefficient (Wildman–Crippen LogP) is 8.12. The fourth-order valence-electron chi connectivity index (χ4n) is 5.41. The van der Waals surface area contributed by atoms with Gasteiger partial charge in [-0.05, 0) is 60.3 Å². The van der Waals surface area contributed by atoms with Crippen LogP contribution in [-0.4, -0.2) is 15.4 Å². The lowest BCUT2D eigenvalue weighted by Gasteiger charge is -2.47. The van der Waals surface area contributed by atoms with Crippen LogP contribution in [0.1, 0.15) is 37.8 Å². The Morgan fingerprint density at radius 1 is 0.710 bits per heavy atom. The summed E-state index contributed by atoms with van der Waals surface area (Å²) in [6.07, 6.45) is 4.61. The number of allylic oxidation sites excluding steroid dienone is 4. The molecular formula is C27H22F2S2. The van der Waals surface area contributed by atoms with Gasteiger partial charge in [-0.1, -0.05) is 60.7 Å². The number of hydrogen-bond donors (Lipinski definition) is 0. The van der Waals surface area contributed by atoms with Gasteiger partial charge in [0, 0.05) is 21.8 Å². The second-order valence-electron chi connectivity index (χ2n) is 8.91. The zero-order valence-electron chi connectivity index (χ0n) is 17.4. The van der Waals surface area contributed by atoms with Crippen LogP contribution in [0.3, 0.4) is 0 Å². The van der Waals surface area contributed by atoms with E-state index < -0.39 is 10.7 Å². The predicted molar refractivity (Wildman–Crippen MR) is 129 cm³/mol. The molecule has 2 aromatic carbocycles. The molecule has 4 aliphatic rings. The van der Waals surface area contributed by atoms with Gasteiger partial charge in [0.15, 0.2) is 0 Å². The van der Waals surface area contributed by atoms with Gasteiger partial charge in [-0.15, -0.1) is 23.5 Å². The van der Waals surface area contributed by atoms with Crippen LogP contribution in [0.2, 0.25) is 0 Å². The first-order chi connectivity index (χ1) is 14.8. The zero-order chi connectivity index (χ0) is 21.4. The molecule has 0 amide bonds. The minimum atomic E-state index is -2.77. The van der Waals surface area contributed by atoms with E-state index in [1.165, 1.54) is 4.91 Å². The maximum atomic E-state index is 15.3. The molecule has 2 heterocycles. The Balaban J connectivity index is 1.57. The first-order valence-electron chi connectivity index (χ1n) is 10.6. The largest absolute Gasteiger partial charge is 0.274 e. The van der Waals surface area contributed by atoms with Gasteiger partial charge < -0.3 is 0 Å². The summed E-state index contributed by atoms with van der Waals surface area (Å²) in [5.41, 5.74) is 5.37. The van der Waals surface area contributed by atoms with E-state index in [1.807, 2.05) is 48.2 Å². The third kappa shape index (κ3) is 2.61. The fourth-order valence-corrected chi connectivity index (χ4v) is 8.58. The molecule has 0 radical (unpaired) electrons. The molecule has 0 N–H and O–H groups in total. The van der Waals surface area contributed by atoms with Crippen molar-refractivity contribution in [1.82, 2.24) is 0 Å². The van der Waals surface area contributed by atoms with E-state index in [-0.39, 0.29) is 11.2 Å². The van der Waals surface area contributed by atoms with E-state index in [2.05, 4.69) is 50.3 Å². The van der Waals surface area contributed by atoms with E-state index in [0.717, 1.165) is 32.8 Å². The topological polar surface area (TPSA) is 0 Å². The second-order valence-corrected chi connectivity index (χ2v) is 11.8. The molecule has 2 atom stereocenters. The quantitative estimate of drug-likeness (QED) is 0.455. The molecule has 31 heavy (non-hydrogen) atoms. The van der Waals surface area contributed by atoms with Gasteiger partial charge in [-0.2, -0.15) is 0 Å². The van der Waals surface area contributed by atoms with Gasteiger partial charge in [-0.25, -0.2) is 8.78 Å². The molecule has 0 nitrogen and oxygen atoms in total. The lowest BCUT2D eigenvalue weighted by molar-refractivity contribution is 0.0484. The third-order valence-electron chi connectivity index (χ3n) is 7.18. The Labute approximate surface area is 190 Å². The standard InChI is InChI=1S/C27H22F2S2/c1-25-20(15-22(30-25)17-9-5-3-6-10-17)19-13-14-27(28,29)24(19)21-16-23(31-26(21,25)2)18-11-7-4-8-12-18/h3-12,15-16H,13-14H2,1-2H3. The first kappa shape index (κ1) is 19.6. The number of thioether (sulfide) groups is 2. The Bertz CT molecular complexity index is 1220. The van der Waals surface area contributed by atoms with Gasteiger partial charge >= 0.3 is 0 Å². The van der Waals surface area contributed by atoms with Crippen LogP contribution in [0, 0.1) is 0 Å². The van der Waals surface area contributed by atoms with Crippen molar-refractivity contribution in [1.29, 1.82) is 0 Å². The lowest BCUT2D eigenvalue weighted by atomic mass is 9.71. The molecule has 0 aromatic heterocycles. The van der Waals surface area contributed by atoms with Gasteiger partial charge in [-0.3, -0.25) is 0 Å². The van der Waals surface area contributed by atoms with Crippen LogP contribution in [0.4, 0.5) is 8.78 Å². The van der Waals surface area contributed by atoms with Crippen LogP contribution in [0.5, 0.6) is 0 Å². The van der Waals surface area contributed by atoms with E-state index >= 15 is 8.78 Å². The highest BCUT2D eigenvalue weighted by Gasteiger charge is 2.63. The molecule has 0 spiro atoms. The number of benzene rings is 2. The zero-order valence-corrected chi connectivity index (χ0v) is 19.0. The van der Waals surface area contributed by atoms with E-state index in [9.17, 15) is 0 Å². The SMILES string of the molecule is CC12SC(c3ccccc3)=CC1=C1CCC(F)(F)C1=C1C=C(c3ccccc3)SC12C. The van der Waals surface area contributed by atoms with Crippen molar-refractivity contribution in [3.05, 3.63) is 106 Å². The van der Waals surface area contributed by atoms with Gasteiger partial charge in [0.05, 0.1) is 9.49 Å². The van der Waals surface area contributed by atoms with Crippen molar-refractivity contribution in [2.24, 2.45) is 0 Å². The van der Waals surface area contributed by atoms with Crippen molar-refractivity contribution in [2.75, 3.05) is 0 Å². The molecule has 0 bridgehead atoms. The number of halogens is 2. The van der Waals surface area contributed by atoms with E-state index in [1.54, 1.807) is 11.8 Å². The summed E-state index contributed by atoms with van der Waals surface area (Å²) >= 11 is 3.60. The molecule has 4 heteroatoms. The van der Waals surface area contributed by atoms with Crippen molar-refractivity contribution in [2.45, 2.75) is 42.1 Å². The molecule has 1 fully saturated rings. The first-order valence-corrected chi connectivity index (χ1v) is 12.3. The summed E-state index contributed by atoms with van der Waals surface area (Å²) in [5.74, 6) is -2.77. The summed E-state index contributed by atoms with van der Waals surface area (Å²) in [6.45, 7) is 4.43. The van der Waals surface area contributed by atoms with Crippen molar-refractivity contribution < 1.29 is 8.78 Å². The van der Waals surface area contributed by atoms with Gasteiger partial charge in [0.25, 0.3) is 5.92 Å². The number of hydrogen-bond acceptors (Lipinski definition) is 2. The third-order valence-corrected chi connectivity index (χ3v) is 10.5. The Hall–Kier alpha value is -2.04. The summed E-state index contributed by atoms with van der Waals surface area (Å²) in [5, 5.41) is 0. The fraction of sp³-hybridized carbons (Fsp3) is 0.259. The lowest BCUT2D eigenvalue weighted by Crippen LogP contribution is -2.48. The molecule has 6 rings (SSSR count). The summed E-state index contributed by atoms with van der Waals surface area (Å²) in [4.78, 5) is 2.26. The molecule has 0 saturated heterocycles. The van der Waals surface area contributed by atoms with Crippen molar-refractivity contribution in [3.63, 3.8) is 0 Å². The highest BCUT2D eigenvalue weighted by atomic mass is 32.2. The normalized spacial score (nSPS) is 30.7. The van der Waals surface area contributed by atoms with Crippen LogP contribution >= 0.6 is 23.5 Å². The Morgan fingerprint density at radius 3 is 1.74 bits per heavy atom. The van der Waals surface area contributed by atoms with E-state index in [0.29, 0.717) is 12.0 Å². The van der Waals surface area contributed by atoms with Crippen LogP contribution in [-0.2, 0) is 0 Å². The smallest absolute Gasteiger partial charge is 0.201 e. The molecule has 2 aromatic rings. The second kappa shape index (κ2) is 6.49. The number of alkyl halides is 2. The van der Waals surface area contributed by atoms with Crippen LogP contribution in [0.15, 0.2) is 95.1 Å². The Morgan fingerprint density at radius 2 is 1.19 bits per heavy atom. The van der Waals surface area contributed by atoms with Crippen molar-refractivity contribution in [3.8, 4) is 0 Å². The highest BCUT2D eigenvalue weighted by molar-refractivity contribution is 8.14. The molecule has 2 unspecified atom stereocenters. The summed E-state index contributed by atoms with van der Waals surface area (Å²) < 4.78 is 29.8. The minimum absolute atomic E-state index is 0.0881. The highest BCUT2D eigenvalue weighted by Crippen LogP contribution is 2.71. The summed E-state index contributed by atoms with van der Waals surface area (Å²) in [7, 11) is 0. The number of fused-ring (bicyclic) bond motifs is 4. The molecule has 2 aliphatic carbocycles. The average molecular weight is 449 g/mol. The van der Waals surface area contributed by atoms with Crippen LogP contribution in [0.25, 0.3) is 9.81 Å². The minimum Gasteiger partial charge on any atom is -0.201 e. The molecular weight excluding hydrogens is 426 g/mol. The molecule has 2 aliphatic heterocycles.